The monoisotopic (exact) mass is 279 g/mol. The van der Waals surface area contributed by atoms with E-state index in [1.807, 2.05) is 17.5 Å². The number of hydrogen-bond donors (Lipinski definition) is 1. The van der Waals surface area contributed by atoms with Gasteiger partial charge in [-0.25, -0.2) is 4.98 Å². The van der Waals surface area contributed by atoms with Gasteiger partial charge in [-0.2, -0.15) is 11.8 Å². The fourth-order valence-corrected chi connectivity index (χ4v) is 2.91. The van der Waals surface area contributed by atoms with Crippen LogP contribution < -0.4 is 0 Å². The van der Waals surface area contributed by atoms with Crippen molar-refractivity contribution in [1.29, 1.82) is 0 Å². The lowest BCUT2D eigenvalue weighted by Gasteiger charge is -2.00. The lowest BCUT2D eigenvalue weighted by atomic mass is 10.1. The third-order valence-electron chi connectivity index (χ3n) is 2.41. The topological polar surface area (TPSA) is 50.2 Å². The normalized spacial score (nSPS) is 10.5. The zero-order valence-corrected chi connectivity index (χ0v) is 11.6. The summed E-state index contributed by atoms with van der Waals surface area (Å²) >= 11 is 3.18. The van der Waals surface area contributed by atoms with Gasteiger partial charge in [-0.05, 0) is 11.8 Å². The summed E-state index contributed by atoms with van der Waals surface area (Å²) in [6.07, 6.45) is 2.07. The largest absolute Gasteiger partial charge is 0.481 e. The minimum atomic E-state index is -0.841. The predicted molar refractivity (Wildman–Crippen MR) is 76.1 cm³/mol. The standard InChI is InChI=1S/C13H13NO2S2/c1-17-7-9-2-4-10(5-3-9)11-8-18-12(14-11)6-13(15)16/h2-5,8H,6-7H2,1H3,(H,15,16). The van der Waals surface area contributed by atoms with Gasteiger partial charge in [0.15, 0.2) is 0 Å². The highest BCUT2D eigenvalue weighted by molar-refractivity contribution is 7.97. The molecule has 0 amide bonds. The quantitative estimate of drug-likeness (QED) is 0.912. The van der Waals surface area contributed by atoms with E-state index in [0.29, 0.717) is 5.01 Å². The SMILES string of the molecule is CSCc1ccc(-c2csc(CC(=O)O)n2)cc1. The van der Waals surface area contributed by atoms with Crippen LogP contribution in [0.3, 0.4) is 0 Å². The van der Waals surface area contributed by atoms with Gasteiger partial charge in [0.25, 0.3) is 0 Å². The Hall–Kier alpha value is -1.33. The Labute approximate surface area is 114 Å². The molecule has 0 aliphatic rings. The molecule has 0 fully saturated rings. The Morgan fingerprint density at radius 3 is 2.72 bits per heavy atom. The van der Waals surface area contributed by atoms with E-state index in [2.05, 4.69) is 23.4 Å². The first kappa shape index (κ1) is 13.1. The number of aromatic nitrogens is 1. The second kappa shape index (κ2) is 6.02. The van der Waals surface area contributed by atoms with Gasteiger partial charge in [-0.1, -0.05) is 24.3 Å². The molecule has 0 spiro atoms. The molecule has 1 aromatic carbocycles. The molecule has 0 saturated carbocycles. The maximum Gasteiger partial charge on any atom is 0.310 e. The van der Waals surface area contributed by atoms with Gasteiger partial charge in [0.1, 0.15) is 5.01 Å². The van der Waals surface area contributed by atoms with Gasteiger partial charge in [-0.15, -0.1) is 11.3 Å². The first-order valence-electron chi connectivity index (χ1n) is 5.43. The zero-order chi connectivity index (χ0) is 13.0. The molecule has 18 heavy (non-hydrogen) atoms. The predicted octanol–water partition coefficient (Wildman–Crippen LogP) is 3.30. The highest BCUT2D eigenvalue weighted by Gasteiger charge is 2.07. The minimum Gasteiger partial charge on any atom is -0.481 e. The van der Waals surface area contributed by atoms with Crippen LogP contribution in [0.5, 0.6) is 0 Å². The molecule has 1 N–H and O–H groups in total. The number of nitrogens with zero attached hydrogens (tertiary/aromatic N) is 1. The van der Waals surface area contributed by atoms with Crippen LogP contribution in [-0.4, -0.2) is 22.3 Å². The van der Waals surface area contributed by atoms with Crippen molar-refractivity contribution < 1.29 is 9.90 Å². The van der Waals surface area contributed by atoms with Crippen LogP contribution in [-0.2, 0) is 17.0 Å². The molecule has 94 valence electrons. The highest BCUT2D eigenvalue weighted by Crippen LogP contribution is 2.23. The van der Waals surface area contributed by atoms with Crippen LogP contribution in [0, 0.1) is 0 Å². The van der Waals surface area contributed by atoms with Crippen LogP contribution in [0.1, 0.15) is 10.6 Å². The molecule has 2 aromatic rings. The van der Waals surface area contributed by atoms with E-state index < -0.39 is 5.97 Å². The molecule has 1 aromatic heterocycles. The number of aliphatic carboxylic acids is 1. The summed E-state index contributed by atoms with van der Waals surface area (Å²) in [7, 11) is 0. The van der Waals surface area contributed by atoms with Gasteiger partial charge in [-0.3, -0.25) is 4.79 Å². The van der Waals surface area contributed by atoms with Crippen molar-refractivity contribution in [2.45, 2.75) is 12.2 Å². The Balaban J connectivity index is 2.15. The third kappa shape index (κ3) is 3.34. The van der Waals surface area contributed by atoms with Crippen LogP contribution in [0.4, 0.5) is 0 Å². The fraction of sp³-hybridized carbons (Fsp3) is 0.231. The molecular formula is C13H13NO2S2. The second-order valence-electron chi connectivity index (χ2n) is 3.83. The molecule has 0 unspecified atom stereocenters. The Morgan fingerprint density at radius 2 is 2.11 bits per heavy atom. The lowest BCUT2D eigenvalue weighted by molar-refractivity contribution is -0.136. The van der Waals surface area contributed by atoms with Crippen LogP contribution in [0.25, 0.3) is 11.3 Å². The summed E-state index contributed by atoms with van der Waals surface area (Å²) in [5.74, 6) is 0.160. The van der Waals surface area contributed by atoms with E-state index in [1.165, 1.54) is 16.9 Å². The van der Waals surface area contributed by atoms with Crippen LogP contribution >= 0.6 is 23.1 Å². The zero-order valence-electron chi connectivity index (χ0n) is 9.92. The number of rotatable bonds is 5. The van der Waals surface area contributed by atoms with Crippen LogP contribution in [0.2, 0.25) is 0 Å². The first-order chi connectivity index (χ1) is 8.69. The molecular weight excluding hydrogens is 266 g/mol. The van der Waals surface area contributed by atoms with Crippen molar-refractivity contribution >= 4 is 29.1 Å². The molecule has 0 aliphatic heterocycles. The molecule has 0 aliphatic carbocycles. The molecule has 3 nitrogen and oxygen atoms in total. The number of carboxylic acids is 1. The van der Waals surface area contributed by atoms with E-state index in [1.54, 1.807) is 11.8 Å². The van der Waals surface area contributed by atoms with E-state index in [0.717, 1.165) is 17.0 Å². The molecule has 0 radical (unpaired) electrons. The maximum atomic E-state index is 10.6. The highest BCUT2D eigenvalue weighted by atomic mass is 32.2. The number of carboxylic acid groups (broad SMARTS) is 1. The van der Waals surface area contributed by atoms with E-state index in [9.17, 15) is 4.79 Å². The maximum absolute atomic E-state index is 10.6. The van der Waals surface area contributed by atoms with Crippen molar-refractivity contribution in [3.63, 3.8) is 0 Å². The van der Waals surface area contributed by atoms with E-state index in [4.69, 9.17) is 5.11 Å². The summed E-state index contributed by atoms with van der Waals surface area (Å²) < 4.78 is 0. The summed E-state index contributed by atoms with van der Waals surface area (Å²) in [4.78, 5) is 14.9. The fourth-order valence-electron chi connectivity index (χ4n) is 1.59. The van der Waals surface area contributed by atoms with Crippen molar-refractivity contribution in [3.8, 4) is 11.3 Å². The third-order valence-corrected chi connectivity index (χ3v) is 3.89. The lowest BCUT2D eigenvalue weighted by Crippen LogP contribution is -1.99. The number of thioether (sulfide) groups is 1. The molecule has 0 saturated heterocycles. The smallest absolute Gasteiger partial charge is 0.310 e. The first-order valence-corrected chi connectivity index (χ1v) is 7.71. The number of thiazole rings is 1. The van der Waals surface area contributed by atoms with Crippen LogP contribution in [0.15, 0.2) is 29.6 Å². The number of hydrogen-bond acceptors (Lipinski definition) is 4. The van der Waals surface area contributed by atoms with Crippen molar-refractivity contribution in [3.05, 3.63) is 40.2 Å². The van der Waals surface area contributed by atoms with Crippen molar-refractivity contribution in [2.75, 3.05) is 6.26 Å². The van der Waals surface area contributed by atoms with Crippen molar-refractivity contribution in [1.82, 2.24) is 4.98 Å². The minimum absolute atomic E-state index is 0.00474. The van der Waals surface area contributed by atoms with Crippen molar-refractivity contribution in [2.24, 2.45) is 0 Å². The average Bonchev–Trinajstić information content (AvgIpc) is 2.78. The van der Waals surface area contributed by atoms with Gasteiger partial charge in [0.05, 0.1) is 12.1 Å². The Kier molecular flexibility index (Phi) is 4.38. The van der Waals surface area contributed by atoms with Gasteiger partial charge < -0.3 is 5.11 Å². The molecule has 0 bridgehead atoms. The summed E-state index contributed by atoms with van der Waals surface area (Å²) in [6.45, 7) is 0. The van der Waals surface area contributed by atoms with E-state index in [-0.39, 0.29) is 6.42 Å². The average molecular weight is 279 g/mol. The van der Waals surface area contributed by atoms with E-state index >= 15 is 0 Å². The Morgan fingerprint density at radius 1 is 1.39 bits per heavy atom. The summed E-state index contributed by atoms with van der Waals surface area (Å²) in [5.41, 5.74) is 3.17. The number of benzene rings is 1. The summed E-state index contributed by atoms with van der Waals surface area (Å²) in [6, 6.07) is 8.24. The second-order valence-corrected chi connectivity index (χ2v) is 5.64. The summed E-state index contributed by atoms with van der Waals surface area (Å²) in [5, 5.41) is 11.3. The molecule has 1 heterocycles. The van der Waals surface area contributed by atoms with Gasteiger partial charge in [0, 0.05) is 16.7 Å². The Bertz CT molecular complexity index is 534. The van der Waals surface area contributed by atoms with Gasteiger partial charge in [0.2, 0.25) is 0 Å². The molecule has 5 heteroatoms. The van der Waals surface area contributed by atoms with Gasteiger partial charge >= 0.3 is 5.97 Å². The molecule has 0 atom stereocenters. The molecule has 2 rings (SSSR count). The number of carbonyl (C=O) groups is 1.